The topological polar surface area (TPSA) is 170 Å². The van der Waals surface area contributed by atoms with E-state index in [9.17, 15) is 32.3 Å². The SMILES string of the molecule is CC(CCNc1ccc2c(n1)CN(C1CCC(=O)NC1=O)C2=O)CN1CCN(CC2CCN(c3ccc(NC(=O)C4CCN(c5ccc(C#N)c(C(F)(F)F)c5)CC4)nc3)CC2)CC1. The molecule has 64 heavy (non-hydrogen) atoms. The van der Waals surface area contributed by atoms with E-state index in [1.54, 1.807) is 12.1 Å². The number of benzene rings is 1. The Morgan fingerprint density at radius 2 is 1.58 bits per heavy atom. The minimum atomic E-state index is -4.62. The van der Waals surface area contributed by atoms with Crippen LogP contribution in [0.15, 0.2) is 48.7 Å². The van der Waals surface area contributed by atoms with E-state index in [-0.39, 0.29) is 36.6 Å². The largest absolute Gasteiger partial charge is 0.417 e. The number of alkyl halides is 3. The van der Waals surface area contributed by atoms with E-state index in [0.29, 0.717) is 72.8 Å². The molecule has 3 aromatic rings. The average Bonchev–Trinajstić information content (AvgIpc) is 3.61. The summed E-state index contributed by atoms with van der Waals surface area (Å²) in [5.74, 6) is 0.959. The van der Waals surface area contributed by atoms with E-state index in [1.807, 2.05) is 29.3 Å². The standard InChI is InChI=1S/C46H56F3N11O4/c1-30(10-15-51-40-8-5-36-38(53-40)29-60(45(36)64)39-6-9-42(61)55-44(39)63)27-56-20-22-57(23-21-56)28-31-11-16-59(17-12-31)35-4-7-41(52-26-35)54-43(62)32-13-18-58(19-14-32)34-3-2-33(25-50)37(24-34)46(47,48)49/h2-5,7-8,24,26,30-32,39H,6,9-23,27-29H2,1H3,(H,51,53)(H,52,54,62)(H,55,61,63). The number of nitriles is 1. The first-order valence-electron chi connectivity index (χ1n) is 22.5. The number of nitrogens with one attached hydrogen (secondary N) is 3. The van der Waals surface area contributed by atoms with E-state index in [4.69, 9.17) is 5.26 Å². The van der Waals surface area contributed by atoms with Crippen molar-refractivity contribution in [2.45, 2.75) is 70.6 Å². The molecule has 1 aromatic carbocycles. The molecule has 7 heterocycles. The fraction of sp³-hybridized carbons (Fsp3) is 0.543. The number of pyridine rings is 2. The average molecular weight is 884 g/mol. The van der Waals surface area contributed by atoms with Crippen LogP contribution in [0, 0.1) is 29.1 Å². The summed E-state index contributed by atoms with van der Waals surface area (Å²) in [5, 5.41) is 17.8. The van der Waals surface area contributed by atoms with Gasteiger partial charge in [0.2, 0.25) is 17.7 Å². The lowest BCUT2D eigenvalue weighted by atomic mass is 9.95. The van der Waals surface area contributed by atoms with Gasteiger partial charge in [0, 0.05) is 90.0 Å². The van der Waals surface area contributed by atoms with E-state index in [2.05, 4.69) is 47.5 Å². The zero-order valence-corrected chi connectivity index (χ0v) is 36.2. The second-order valence-electron chi connectivity index (χ2n) is 17.9. The number of imide groups is 1. The molecule has 0 saturated carbocycles. The molecule has 8 rings (SSSR count). The Bertz CT molecular complexity index is 2230. The molecule has 2 aromatic heterocycles. The second-order valence-corrected chi connectivity index (χ2v) is 17.9. The normalized spacial score (nSPS) is 21.1. The number of hydrogen-bond donors (Lipinski definition) is 3. The van der Waals surface area contributed by atoms with Crippen molar-refractivity contribution in [2.24, 2.45) is 17.8 Å². The van der Waals surface area contributed by atoms with Crippen molar-refractivity contribution in [3.05, 3.63) is 71.0 Å². The van der Waals surface area contributed by atoms with Gasteiger partial charge in [0.25, 0.3) is 5.91 Å². The van der Waals surface area contributed by atoms with Crippen LogP contribution in [0.1, 0.15) is 79.0 Å². The van der Waals surface area contributed by atoms with E-state index in [0.717, 1.165) is 89.9 Å². The molecule has 18 heteroatoms. The number of anilines is 4. The van der Waals surface area contributed by atoms with Crippen molar-refractivity contribution < 1.29 is 32.3 Å². The van der Waals surface area contributed by atoms with Gasteiger partial charge in [-0.1, -0.05) is 6.92 Å². The molecular formula is C46H56F3N11O4. The van der Waals surface area contributed by atoms with Gasteiger partial charge in [0.05, 0.1) is 46.9 Å². The van der Waals surface area contributed by atoms with Crippen LogP contribution in [0.25, 0.3) is 0 Å². The number of halogens is 3. The Morgan fingerprint density at radius 3 is 2.27 bits per heavy atom. The predicted molar refractivity (Wildman–Crippen MR) is 234 cm³/mol. The third kappa shape index (κ3) is 10.6. The first kappa shape index (κ1) is 44.8. The summed E-state index contributed by atoms with van der Waals surface area (Å²) < 4.78 is 40.5. The van der Waals surface area contributed by atoms with Crippen LogP contribution < -0.4 is 25.8 Å². The number of amides is 4. The number of aromatic nitrogens is 2. The lowest BCUT2D eigenvalue weighted by molar-refractivity contribution is -0.138. The molecular weight excluding hydrogens is 828 g/mol. The first-order valence-corrected chi connectivity index (χ1v) is 22.5. The highest BCUT2D eigenvalue weighted by Gasteiger charge is 2.40. The highest BCUT2D eigenvalue weighted by molar-refractivity contribution is 6.05. The highest BCUT2D eigenvalue weighted by atomic mass is 19.4. The fourth-order valence-corrected chi connectivity index (χ4v) is 9.74. The molecule has 3 N–H and O–H groups in total. The molecule has 0 radical (unpaired) electrons. The number of carbonyl (C=O) groups is 4. The molecule has 2 atom stereocenters. The molecule has 2 unspecified atom stereocenters. The maximum absolute atomic E-state index is 13.5. The van der Waals surface area contributed by atoms with Gasteiger partial charge in [-0.25, -0.2) is 9.97 Å². The fourth-order valence-electron chi connectivity index (χ4n) is 9.74. The van der Waals surface area contributed by atoms with Crippen molar-refractivity contribution in [1.29, 1.82) is 5.26 Å². The molecule has 4 fully saturated rings. The molecule has 4 saturated heterocycles. The Labute approximate surface area is 371 Å². The van der Waals surface area contributed by atoms with Crippen LogP contribution in [-0.2, 0) is 27.1 Å². The second kappa shape index (κ2) is 19.5. The van der Waals surface area contributed by atoms with Gasteiger partial charge in [-0.15, -0.1) is 0 Å². The van der Waals surface area contributed by atoms with Crippen molar-refractivity contribution >= 4 is 46.6 Å². The lowest BCUT2D eigenvalue weighted by Crippen LogP contribution is -2.52. The number of hydrogen-bond acceptors (Lipinski definition) is 12. The summed E-state index contributed by atoms with van der Waals surface area (Å²) >= 11 is 0. The summed E-state index contributed by atoms with van der Waals surface area (Å²) in [7, 11) is 0. The quantitative estimate of drug-likeness (QED) is 0.198. The number of nitrogens with zero attached hydrogens (tertiary/aromatic N) is 8. The van der Waals surface area contributed by atoms with Crippen molar-refractivity contribution in [3.63, 3.8) is 0 Å². The Morgan fingerprint density at radius 1 is 0.891 bits per heavy atom. The van der Waals surface area contributed by atoms with Gasteiger partial charge < -0.3 is 35.1 Å². The molecule has 5 aliphatic heterocycles. The molecule has 340 valence electrons. The minimum Gasteiger partial charge on any atom is -0.371 e. The minimum absolute atomic E-state index is 0.144. The third-order valence-electron chi connectivity index (χ3n) is 13.5. The number of piperidine rings is 3. The third-order valence-corrected chi connectivity index (χ3v) is 13.5. The number of carbonyl (C=O) groups excluding carboxylic acids is 4. The van der Waals surface area contributed by atoms with Crippen molar-refractivity contribution in [2.75, 3.05) is 92.4 Å². The monoisotopic (exact) mass is 883 g/mol. The summed E-state index contributed by atoms with van der Waals surface area (Å²) in [5.41, 5.74) is 1.24. The van der Waals surface area contributed by atoms with Gasteiger partial charge in [0.1, 0.15) is 17.7 Å². The van der Waals surface area contributed by atoms with Gasteiger partial charge in [-0.2, -0.15) is 18.4 Å². The van der Waals surface area contributed by atoms with Gasteiger partial charge >= 0.3 is 6.18 Å². The molecule has 0 bridgehead atoms. The molecule has 4 amide bonds. The van der Waals surface area contributed by atoms with Crippen LogP contribution in [0.3, 0.4) is 0 Å². The van der Waals surface area contributed by atoms with Crippen LogP contribution in [0.5, 0.6) is 0 Å². The van der Waals surface area contributed by atoms with Crippen LogP contribution in [-0.4, -0.2) is 126 Å². The maximum atomic E-state index is 13.5. The number of piperazine rings is 1. The smallest absolute Gasteiger partial charge is 0.371 e. The van der Waals surface area contributed by atoms with Crippen LogP contribution >= 0.6 is 0 Å². The predicted octanol–water partition coefficient (Wildman–Crippen LogP) is 4.96. The Hall–Kier alpha value is -5.80. The number of fused-ring (bicyclic) bond motifs is 1. The summed E-state index contributed by atoms with van der Waals surface area (Å²) in [6.45, 7) is 12.5. The zero-order valence-electron chi connectivity index (χ0n) is 36.2. The summed E-state index contributed by atoms with van der Waals surface area (Å²) in [6.07, 6.45) is 1.92. The van der Waals surface area contributed by atoms with Gasteiger partial charge in [-0.3, -0.25) is 24.5 Å². The van der Waals surface area contributed by atoms with Gasteiger partial charge in [-0.05, 0) is 92.8 Å². The highest BCUT2D eigenvalue weighted by Crippen LogP contribution is 2.36. The lowest BCUT2D eigenvalue weighted by Gasteiger charge is -2.40. The number of rotatable bonds is 13. The van der Waals surface area contributed by atoms with E-state index >= 15 is 0 Å². The maximum Gasteiger partial charge on any atom is 0.417 e. The Kier molecular flexibility index (Phi) is 13.7. The van der Waals surface area contributed by atoms with E-state index < -0.39 is 29.3 Å². The van der Waals surface area contributed by atoms with Crippen LogP contribution in [0.4, 0.5) is 36.2 Å². The molecule has 0 aliphatic carbocycles. The molecule has 5 aliphatic rings. The van der Waals surface area contributed by atoms with Crippen LogP contribution in [0.2, 0.25) is 0 Å². The zero-order chi connectivity index (χ0) is 45.0. The Balaban J connectivity index is 0.696. The summed E-state index contributed by atoms with van der Waals surface area (Å²) in [6, 6.07) is 12.1. The van der Waals surface area contributed by atoms with Gasteiger partial charge in [0.15, 0.2) is 0 Å². The van der Waals surface area contributed by atoms with E-state index in [1.165, 1.54) is 17.0 Å². The molecule has 15 nitrogen and oxygen atoms in total. The summed E-state index contributed by atoms with van der Waals surface area (Å²) in [4.78, 5) is 70.1. The van der Waals surface area contributed by atoms with Crippen molar-refractivity contribution in [1.82, 2.24) is 30.0 Å². The molecule has 0 spiro atoms. The first-order chi connectivity index (χ1) is 30.8. The van der Waals surface area contributed by atoms with Crippen molar-refractivity contribution in [3.8, 4) is 6.07 Å².